The van der Waals surface area contributed by atoms with Gasteiger partial charge in [-0.15, -0.1) is 0 Å². The smallest absolute Gasteiger partial charge is 0.581 e. The first kappa shape index (κ1) is 5.65. The van der Waals surface area contributed by atoms with Gasteiger partial charge in [0.1, 0.15) is 13.6 Å². The van der Waals surface area contributed by atoms with Gasteiger partial charge in [-0.25, -0.2) is 0 Å². The van der Waals surface area contributed by atoms with Gasteiger partial charge in [0, 0.05) is 0 Å². The third-order valence-electron chi connectivity index (χ3n) is 0.184. The predicted molar refractivity (Wildman–Crippen MR) is 22.6 cm³/mol. The van der Waals surface area contributed by atoms with E-state index in [-0.39, 0.29) is 9.92 Å². The van der Waals surface area contributed by atoms with E-state index in [4.69, 9.17) is 5.40 Å². The first-order valence-corrected chi connectivity index (χ1v) is 2.29. The van der Waals surface area contributed by atoms with Crippen molar-refractivity contribution in [2.45, 2.75) is 0 Å². The zero-order valence-corrected chi connectivity index (χ0v) is 4.39. The second-order valence-corrected chi connectivity index (χ2v) is 0.947. The Morgan fingerprint density at radius 2 is 2.67 bits per heavy atom. The van der Waals surface area contributed by atoms with Crippen LogP contribution in [-0.2, 0) is 8.85 Å². The molecule has 0 saturated carbocycles. The van der Waals surface area contributed by atoms with Crippen LogP contribution in [0, 0.1) is 0 Å². The Morgan fingerprint density at radius 3 is 2.83 bits per heavy atom. The van der Waals surface area contributed by atoms with Crippen LogP contribution < -0.4 is 5.40 Å². The van der Waals surface area contributed by atoms with E-state index in [0.29, 0.717) is 0 Å². The van der Waals surface area contributed by atoms with Crippen LogP contribution in [-0.4, -0.2) is 23.5 Å². The van der Waals surface area contributed by atoms with Crippen LogP contribution in [0.2, 0.25) is 0 Å². The quantitative estimate of drug-likeness (QED) is 0.269. The van der Waals surface area contributed by atoms with Gasteiger partial charge in [0.15, 0.2) is 0 Å². The summed E-state index contributed by atoms with van der Waals surface area (Å²) < 4.78 is 8.55. The SMILES string of the molecule is C[O+]=[C-]O[Si]N. The third kappa shape index (κ3) is 3.65. The summed E-state index contributed by atoms with van der Waals surface area (Å²) in [5.74, 6) is 0. The fraction of sp³-hybridized carbons (Fsp3) is 0.500. The van der Waals surface area contributed by atoms with E-state index in [0.717, 1.165) is 0 Å². The Hall–Kier alpha value is -0.353. The Morgan fingerprint density at radius 1 is 2.00 bits per heavy atom. The molecule has 0 amide bonds. The first-order valence-electron chi connectivity index (χ1n) is 1.31. The lowest BCUT2D eigenvalue weighted by atomic mass is 11.6. The van der Waals surface area contributed by atoms with Crippen LogP contribution in [0.25, 0.3) is 0 Å². The highest BCUT2D eigenvalue weighted by atomic mass is 28.2. The van der Waals surface area contributed by atoms with Crippen molar-refractivity contribution < 1.29 is 8.85 Å². The van der Waals surface area contributed by atoms with Crippen LogP contribution in [0.4, 0.5) is 0 Å². The van der Waals surface area contributed by atoms with Crippen molar-refractivity contribution >= 4 is 16.4 Å². The van der Waals surface area contributed by atoms with Crippen molar-refractivity contribution in [3.05, 3.63) is 0 Å². The van der Waals surface area contributed by atoms with E-state index in [1.807, 2.05) is 0 Å². The highest BCUT2D eigenvalue weighted by Crippen LogP contribution is 1.46. The maximum atomic E-state index is 4.88. The highest BCUT2D eigenvalue weighted by Gasteiger charge is 1.73. The lowest BCUT2D eigenvalue weighted by Crippen LogP contribution is -2.08. The number of hydrogen-bond acceptors (Lipinski definition) is 2. The molecule has 0 aliphatic heterocycles. The number of nitrogens with two attached hydrogens (primary N) is 1. The van der Waals surface area contributed by atoms with E-state index < -0.39 is 0 Å². The maximum Gasteiger partial charge on any atom is 0.585 e. The van der Waals surface area contributed by atoms with Gasteiger partial charge in [-0.05, 0) is 0 Å². The Kier molecular flexibility index (Phi) is 4.37. The molecule has 0 aromatic carbocycles. The molecule has 0 aliphatic carbocycles. The molecule has 4 heteroatoms. The molecule has 0 aliphatic rings. The number of carbonyl (C=O) groups excluding carboxylic acids is 1. The van der Waals surface area contributed by atoms with Crippen molar-refractivity contribution in [2.24, 2.45) is 5.40 Å². The molecular weight excluding hydrogens is 98.1 g/mol. The van der Waals surface area contributed by atoms with Crippen molar-refractivity contribution in [1.29, 1.82) is 0 Å². The minimum absolute atomic E-state index is 0.0715. The van der Waals surface area contributed by atoms with Crippen LogP contribution >= 0.6 is 0 Å². The molecule has 0 saturated heterocycles. The maximum absolute atomic E-state index is 4.88. The Labute approximate surface area is 38.8 Å². The van der Waals surface area contributed by atoms with Gasteiger partial charge in [0.2, 0.25) is 0 Å². The summed E-state index contributed by atoms with van der Waals surface area (Å²) in [5.41, 5.74) is 0. The summed E-state index contributed by atoms with van der Waals surface area (Å²) in [6.45, 7) is 2.09. The Bertz CT molecular complexity index is 46.8. The van der Waals surface area contributed by atoms with Gasteiger partial charge < -0.3 is 8.85 Å². The van der Waals surface area contributed by atoms with Gasteiger partial charge in [-0.1, -0.05) is 0 Å². The molecule has 0 aromatic rings. The minimum Gasteiger partial charge on any atom is -0.581 e. The van der Waals surface area contributed by atoms with Crippen LogP contribution in [0.15, 0.2) is 0 Å². The summed E-state index contributed by atoms with van der Waals surface area (Å²) in [5, 5.41) is 4.88. The molecule has 0 heterocycles. The second kappa shape index (κ2) is 4.65. The largest absolute Gasteiger partial charge is 0.585 e. The lowest BCUT2D eigenvalue weighted by molar-refractivity contribution is 0.158. The predicted octanol–water partition coefficient (Wildman–Crippen LogP) is -1.27. The molecule has 3 nitrogen and oxygen atoms in total. The average Bonchev–Trinajstić information content (AvgIpc) is 1.61. The van der Waals surface area contributed by atoms with Crippen molar-refractivity contribution in [3.63, 3.8) is 0 Å². The van der Waals surface area contributed by atoms with Gasteiger partial charge >= 0.3 is 9.92 Å². The van der Waals surface area contributed by atoms with E-state index in [1.165, 1.54) is 7.11 Å². The molecule has 0 bridgehead atoms. The first-order chi connectivity index (χ1) is 2.91. The lowest BCUT2D eigenvalue weighted by Gasteiger charge is -1.85. The summed E-state index contributed by atoms with van der Waals surface area (Å²) in [4.78, 5) is 0. The highest BCUT2D eigenvalue weighted by molar-refractivity contribution is 6.24. The minimum atomic E-state index is -0.0715. The zero-order valence-electron chi connectivity index (χ0n) is 3.39. The monoisotopic (exact) mass is 103 g/mol. The van der Waals surface area contributed by atoms with Gasteiger partial charge in [-0.3, -0.25) is 5.40 Å². The summed E-state index contributed by atoms with van der Waals surface area (Å²) >= 11 is 0. The number of rotatable bonds is 2. The van der Waals surface area contributed by atoms with Gasteiger partial charge in [0.05, 0.1) is 0 Å². The summed E-state index contributed by atoms with van der Waals surface area (Å²) in [7, 11) is 1.37. The topological polar surface area (TPSA) is 46.5 Å². The molecule has 0 rings (SSSR count). The molecule has 34 valence electrons. The van der Waals surface area contributed by atoms with E-state index >= 15 is 0 Å². The molecule has 0 spiro atoms. The molecule has 0 unspecified atom stereocenters. The molecule has 0 atom stereocenters. The molecule has 0 aromatic heterocycles. The average molecular weight is 103 g/mol. The van der Waals surface area contributed by atoms with Crippen molar-refractivity contribution in [3.8, 4) is 0 Å². The Balaban J connectivity index is 2.66. The fourth-order valence-electron chi connectivity index (χ4n) is 0.0657. The van der Waals surface area contributed by atoms with Gasteiger partial charge in [0.25, 0.3) is 0 Å². The fourth-order valence-corrected chi connectivity index (χ4v) is 0.197. The summed E-state index contributed by atoms with van der Waals surface area (Å²) in [6, 6.07) is 0. The normalized spacial score (nSPS) is 9.67. The number of hydrogen-bond donors (Lipinski definition) is 1. The molecule has 6 heavy (non-hydrogen) atoms. The van der Waals surface area contributed by atoms with E-state index in [2.05, 4.69) is 15.3 Å². The standard InChI is InChI=1S/C2H5NO2Si/c1-4-2-5-6-3/h3H2,1H3. The van der Waals surface area contributed by atoms with Crippen LogP contribution in [0.5, 0.6) is 0 Å². The van der Waals surface area contributed by atoms with Gasteiger partial charge in [-0.2, -0.15) is 0 Å². The van der Waals surface area contributed by atoms with Crippen LogP contribution in [0.3, 0.4) is 0 Å². The molecule has 0 fully saturated rings. The van der Waals surface area contributed by atoms with E-state index in [1.54, 1.807) is 0 Å². The van der Waals surface area contributed by atoms with Crippen molar-refractivity contribution in [1.82, 2.24) is 0 Å². The molecular formula is C2H5NO2Si. The van der Waals surface area contributed by atoms with E-state index in [9.17, 15) is 0 Å². The molecule has 2 radical (unpaired) electrons. The summed E-state index contributed by atoms with van der Waals surface area (Å²) in [6.07, 6.45) is 0. The second-order valence-electron chi connectivity index (χ2n) is 0.507. The van der Waals surface area contributed by atoms with Crippen LogP contribution in [0.1, 0.15) is 0 Å². The van der Waals surface area contributed by atoms with Crippen molar-refractivity contribution in [2.75, 3.05) is 7.11 Å². The zero-order chi connectivity index (χ0) is 4.83. The molecule has 2 N–H and O–H groups in total. The third-order valence-corrected chi connectivity index (χ3v) is 0.385.